The van der Waals surface area contributed by atoms with Gasteiger partial charge in [-0.15, -0.1) is 0 Å². The lowest BCUT2D eigenvalue weighted by Crippen LogP contribution is -2.26. The van der Waals surface area contributed by atoms with Gasteiger partial charge in [0.25, 0.3) is 0 Å². The van der Waals surface area contributed by atoms with Crippen LogP contribution in [0.5, 0.6) is 5.75 Å². The monoisotopic (exact) mass is 373 g/mol. The molecule has 2 N–H and O–H groups in total. The first-order valence-corrected chi connectivity index (χ1v) is 10.4. The van der Waals surface area contributed by atoms with Gasteiger partial charge in [0.1, 0.15) is 16.5 Å². The fourth-order valence-corrected chi connectivity index (χ4v) is 4.46. The number of aromatic nitrogens is 1. The van der Waals surface area contributed by atoms with Crippen molar-refractivity contribution in [3.05, 3.63) is 47.7 Å². The number of rotatable bonds is 7. The third-order valence-electron chi connectivity index (χ3n) is 5.08. The van der Waals surface area contributed by atoms with Gasteiger partial charge in [0.05, 0.1) is 13.2 Å². The number of hydrogen-bond acceptors (Lipinski definition) is 5. The summed E-state index contributed by atoms with van der Waals surface area (Å²) in [6, 6.07) is 9.56. The van der Waals surface area contributed by atoms with Crippen LogP contribution in [-0.4, -0.2) is 27.1 Å². The van der Waals surface area contributed by atoms with Crippen LogP contribution in [0.1, 0.15) is 36.4 Å². The first-order valence-electron chi connectivity index (χ1n) is 8.95. The summed E-state index contributed by atoms with van der Waals surface area (Å²) in [4.78, 5) is 4.51. The van der Waals surface area contributed by atoms with E-state index in [-0.39, 0.29) is 10.9 Å². The molecular weight excluding hydrogens is 350 g/mol. The zero-order valence-corrected chi connectivity index (χ0v) is 15.6. The van der Waals surface area contributed by atoms with Crippen molar-refractivity contribution in [3.8, 4) is 5.75 Å². The molecule has 0 bridgehead atoms. The van der Waals surface area contributed by atoms with Crippen LogP contribution in [0.15, 0.2) is 41.4 Å². The molecule has 1 aromatic carbocycles. The smallest absolute Gasteiger partial charge is 0.242 e. The quantitative estimate of drug-likeness (QED) is 0.780. The summed E-state index contributed by atoms with van der Waals surface area (Å²) < 4.78 is 32.6. The number of ether oxygens (including phenoxy) is 1. The Labute approximate surface area is 154 Å². The number of sulfonamides is 1. The Morgan fingerprint density at radius 3 is 2.73 bits per heavy atom. The van der Waals surface area contributed by atoms with E-state index in [9.17, 15) is 8.42 Å². The Kier molecular flexibility index (Phi) is 4.58. The van der Waals surface area contributed by atoms with Gasteiger partial charge < -0.3 is 10.1 Å². The maximum absolute atomic E-state index is 12.3. The van der Waals surface area contributed by atoms with E-state index in [2.05, 4.69) is 21.1 Å². The minimum absolute atomic E-state index is 0.156. The standard InChI is InChI=1S/C19H23N3O3S/c1-25-18-4-2-3-15-16(18)8-9-17(15)22-19-10-7-14(12-20-19)26(23,24)21-11-13-5-6-13/h2-4,7,10,12-13,17,21H,5-6,8-9,11H2,1H3,(H,20,22). The van der Waals surface area contributed by atoms with Gasteiger partial charge in [-0.1, -0.05) is 12.1 Å². The van der Waals surface area contributed by atoms with E-state index in [1.165, 1.54) is 17.3 Å². The van der Waals surface area contributed by atoms with Gasteiger partial charge in [-0.05, 0) is 60.9 Å². The third-order valence-corrected chi connectivity index (χ3v) is 6.48. The predicted octanol–water partition coefficient (Wildman–Crippen LogP) is 2.88. The van der Waals surface area contributed by atoms with Crippen LogP contribution in [0.25, 0.3) is 0 Å². The average Bonchev–Trinajstić information content (AvgIpc) is 3.41. The Hall–Kier alpha value is -2.12. The molecule has 4 rings (SSSR count). The first-order chi connectivity index (χ1) is 12.6. The van der Waals surface area contributed by atoms with Crippen LogP contribution < -0.4 is 14.8 Å². The predicted molar refractivity (Wildman–Crippen MR) is 99.8 cm³/mol. The van der Waals surface area contributed by atoms with Crippen molar-refractivity contribution in [2.75, 3.05) is 19.0 Å². The maximum atomic E-state index is 12.3. The lowest BCUT2D eigenvalue weighted by Gasteiger charge is -2.15. The van der Waals surface area contributed by atoms with Crippen LogP contribution in [0, 0.1) is 5.92 Å². The van der Waals surface area contributed by atoms with Crippen LogP contribution in [-0.2, 0) is 16.4 Å². The molecule has 0 amide bonds. The molecule has 0 radical (unpaired) electrons. The second-order valence-electron chi connectivity index (χ2n) is 6.94. The highest BCUT2D eigenvalue weighted by atomic mass is 32.2. The molecule has 2 aromatic rings. The summed E-state index contributed by atoms with van der Waals surface area (Å²) in [5.74, 6) is 2.09. The molecule has 138 valence electrons. The van der Waals surface area contributed by atoms with Gasteiger partial charge in [0, 0.05) is 12.7 Å². The molecule has 2 aliphatic rings. The van der Waals surface area contributed by atoms with Gasteiger partial charge in [0.2, 0.25) is 10.0 Å². The molecule has 6 nitrogen and oxygen atoms in total. The third kappa shape index (κ3) is 3.54. The highest BCUT2D eigenvalue weighted by Gasteiger charge is 2.26. The average molecular weight is 373 g/mol. The molecule has 1 unspecified atom stereocenters. The van der Waals surface area contributed by atoms with Gasteiger partial charge >= 0.3 is 0 Å². The SMILES string of the molecule is COc1cccc2c1CCC2Nc1ccc(S(=O)(=O)NCC2CC2)cn1. The van der Waals surface area contributed by atoms with E-state index in [0.29, 0.717) is 18.3 Å². The Morgan fingerprint density at radius 1 is 1.19 bits per heavy atom. The van der Waals surface area contributed by atoms with Crippen molar-refractivity contribution >= 4 is 15.8 Å². The zero-order chi connectivity index (χ0) is 18.1. The Bertz CT molecular complexity index is 893. The molecule has 2 aliphatic carbocycles. The van der Waals surface area contributed by atoms with Crippen molar-refractivity contribution in [3.63, 3.8) is 0 Å². The molecule has 1 atom stereocenters. The van der Waals surface area contributed by atoms with Crippen LogP contribution in [0.3, 0.4) is 0 Å². The van der Waals surface area contributed by atoms with Crippen LogP contribution in [0.2, 0.25) is 0 Å². The van der Waals surface area contributed by atoms with E-state index in [0.717, 1.165) is 31.4 Å². The van der Waals surface area contributed by atoms with Crippen molar-refractivity contribution in [1.29, 1.82) is 0 Å². The number of benzene rings is 1. The number of nitrogens with zero attached hydrogens (tertiary/aromatic N) is 1. The first kappa shape index (κ1) is 17.3. The number of hydrogen-bond donors (Lipinski definition) is 2. The van der Waals surface area contributed by atoms with E-state index in [4.69, 9.17) is 4.74 Å². The molecule has 0 saturated heterocycles. The minimum Gasteiger partial charge on any atom is -0.496 e. The van der Waals surface area contributed by atoms with E-state index in [1.54, 1.807) is 19.2 Å². The molecular formula is C19H23N3O3S. The van der Waals surface area contributed by atoms with Crippen molar-refractivity contribution < 1.29 is 13.2 Å². The van der Waals surface area contributed by atoms with Crippen molar-refractivity contribution in [1.82, 2.24) is 9.71 Å². The summed E-state index contributed by atoms with van der Waals surface area (Å²) in [5.41, 5.74) is 2.45. The van der Waals surface area contributed by atoms with E-state index < -0.39 is 10.0 Å². The lowest BCUT2D eigenvalue weighted by atomic mass is 10.1. The van der Waals surface area contributed by atoms with Crippen LogP contribution in [0.4, 0.5) is 5.82 Å². The van der Waals surface area contributed by atoms with E-state index >= 15 is 0 Å². The Morgan fingerprint density at radius 2 is 2.04 bits per heavy atom. The number of nitrogens with one attached hydrogen (secondary N) is 2. The number of methoxy groups -OCH3 is 1. The number of anilines is 1. The summed E-state index contributed by atoms with van der Waals surface area (Å²) >= 11 is 0. The molecule has 1 heterocycles. The highest BCUT2D eigenvalue weighted by molar-refractivity contribution is 7.89. The normalized spacial score (nSPS) is 19.2. The second-order valence-corrected chi connectivity index (χ2v) is 8.71. The van der Waals surface area contributed by atoms with Gasteiger partial charge in [-0.3, -0.25) is 0 Å². The van der Waals surface area contributed by atoms with Crippen molar-refractivity contribution in [2.24, 2.45) is 5.92 Å². The molecule has 1 aromatic heterocycles. The van der Waals surface area contributed by atoms with Crippen LogP contribution >= 0.6 is 0 Å². The second kappa shape index (κ2) is 6.89. The molecule has 0 spiro atoms. The molecule has 26 heavy (non-hydrogen) atoms. The minimum atomic E-state index is -3.47. The zero-order valence-electron chi connectivity index (χ0n) is 14.7. The topological polar surface area (TPSA) is 80.3 Å². The van der Waals surface area contributed by atoms with Gasteiger partial charge in [-0.25, -0.2) is 18.1 Å². The fourth-order valence-electron chi connectivity index (χ4n) is 3.40. The summed E-state index contributed by atoms with van der Waals surface area (Å²) in [7, 11) is -1.78. The van der Waals surface area contributed by atoms with Crippen molar-refractivity contribution in [2.45, 2.75) is 36.6 Å². The fraction of sp³-hybridized carbons (Fsp3) is 0.421. The largest absolute Gasteiger partial charge is 0.496 e. The van der Waals surface area contributed by atoms with Gasteiger partial charge in [-0.2, -0.15) is 0 Å². The summed E-state index contributed by atoms with van der Waals surface area (Å²) in [6.45, 7) is 0.517. The Balaban J connectivity index is 1.46. The maximum Gasteiger partial charge on any atom is 0.242 e. The summed E-state index contributed by atoms with van der Waals surface area (Å²) in [6.07, 6.45) is 5.54. The number of fused-ring (bicyclic) bond motifs is 1. The lowest BCUT2D eigenvalue weighted by molar-refractivity contribution is 0.410. The molecule has 7 heteroatoms. The molecule has 1 fully saturated rings. The number of pyridine rings is 1. The summed E-state index contributed by atoms with van der Waals surface area (Å²) in [5, 5.41) is 3.41. The highest BCUT2D eigenvalue weighted by Crippen LogP contribution is 2.38. The van der Waals surface area contributed by atoms with Gasteiger partial charge in [0.15, 0.2) is 0 Å². The molecule has 0 aliphatic heterocycles. The molecule has 1 saturated carbocycles. The van der Waals surface area contributed by atoms with E-state index in [1.807, 2.05) is 12.1 Å².